The fourth-order valence-electron chi connectivity index (χ4n) is 5.46. The lowest BCUT2D eigenvalue weighted by Gasteiger charge is -2.21. The topological polar surface area (TPSA) is 219 Å². The summed E-state index contributed by atoms with van der Waals surface area (Å²) in [6, 6.07) is 14.2. The van der Waals surface area contributed by atoms with Gasteiger partial charge in [-0.2, -0.15) is 0 Å². The molecule has 1 aliphatic rings. The third kappa shape index (κ3) is 9.89. The van der Waals surface area contributed by atoms with Gasteiger partial charge in [0.05, 0.1) is 15.9 Å². The Kier molecular flexibility index (Phi) is 12.9. The van der Waals surface area contributed by atoms with Crippen LogP contribution in [0.4, 0.5) is 5.69 Å². The minimum absolute atomic E-state index is 0.0134. The van der Waals surface area contributed by atoms with Crippen LogP contribution in [0.25, 0.3) is 5.57 Å². The summed E-state index contributed by atoms with van der Waals surface area (Å²) in [5.74, 6) is -0.596. The molecule has 0 spiro atoms. The summed E-state index contributed by atoms with van der Waals surface area (Å²) in [7, 11) is -11.4. The van der Waals surface area contributed by atoms with Gasteiger partial charge < -0.3 is 30.3 Å². The van der Waals surface area contributed by atoms with Crippen LogP contribution < -0.4 is 25.8 Å². The number of hydrogen-bond acceptors (Lipinski definition) is 10. The summed E-state index contributed by atoms with van der Waals surface area (Å²) in [6.07, 6.45) is 4.14. The van der Waals surface area contributed by atoms with Crippen LogP contribution in [0.15, 0.2) is 99.8 Å². The van der Waals surface area contributed by atoms with Gasteiger partial charge in [0.1, 0.15) is 16.7 Å². The lowest BCUT2D eigenvalue weighted by atomic mass is 9.80. The summed E-state index contributed by atoms with van der Waals surface area (Å²) in [6.45, 7) is 8.18. The van der Waals surface area contributed by atoms with E-state index in [1.54, 1.807) is 12.1 Å². The number of anilines is 1. The van der Waals surface area contributed by atoms with E-state index in [4.69, 9.17) is 0 Å². The van der Waals surface area contributed by atoms with Crippen molar-refractivity contribution in [2.75, 3.05) is 31.5 Å². The van der Waals surface area contributed by atoms with Crippen molar-refractivity contribution in [3.05, 3.63) is 112 Å². The lowest BCUT2D eigenvalue weighted by molar-refractivity contribution is -0.451. The summed E-state index contributed by atoms with van der Waals surface area (Å²) in [4.78, 5) is 14.4. The Morgan fingerprint density at radius 3 is 2.20 bits per heavy atom. The molecule has 0 fully saturated rings. The minimum atomic E-state index is -5.23. The predicted molar refractivity (Wildman–Crippen MR) is 195 cm³/mol. The van der Waals surface area contributed by atoms with Crippen LogP contribution in [0, 0.1) is 6.92 Å². The van der Waals surface area contributed by atoms with Gasteiger partial charge in [0, 0.05) is 48.1 Å². The molecular formula is C35H41BN4O9S2. The summed E-state index contributed by atoms with van der Waals surface area (Å²) in [5.41, 5.74) is 5.48. The molecule has 0 radical (unpaired) electrons. The van der Waals surface area contributed by atoms with Gasteiger partial charge in [-0.3, -0.25) is 4.79 Å². The summed E-state index contributed by atoms with van der Waals surface area (Å²) in [5, 5.41) is 34.5. The molecule has 3 aromatic rings. The standard InChI is InChI=1S/C35H41BN4O9S2/c1-5-37-31-15-9-25(17-22(31)3)34(26-10-16-32(38-6-2)23(4)18-26)30-14-13-29(19-33(30)51(47,48)49)50(45,46)40-21-28(41)20-39-35(42)24-7-11-27(12-8-24)36(43)44/h7-19,28,37,40-41,43-44H,5-6,20-21H2,1-4H3,(H,39,42)(H,47,48,49)/b34-26+,38-32?. The third-order valence-electron chi connectivity index (χ3n) is 8.04. The Hall–Kier alpha value is -4.42. The van der Waals surface area contributed by atoms with Gasteiger partial charge in [0.2, 0.25) is 15.7 Å². The number of rotatable bonds is 14. The van der Waals surface area contributed by atoms with Gasteiger partial charge >= 0.3 is 7.12 Å². The molecule has 0 saturated heterocycles. The molecule has 270 valence electrons. The summed E-state index contributed by atoms with van der Waals surface area (Å²) < 4.78 is 67.2. The first-order valence-electron chi connectivity index (χ1n) is 16.1. The van der Waals surface area contributed by atoms with Crippen molar-refractivity contribution >= 4 is 55.6 Å². The average Bonchev–Trinajstić information content (AvgIpc) is 3.08. The normalized spacial score (nSPS) is 15.7. The van der Waals surface area contributed by atoms with Crippen LogP contribution in [0.2, 0.25) is 0 Å². The maximum atomic E-state index is 13.3. The van der Waals surface area contributed by atoms with Crippen molar-refractivity contribution < 1.29 is 46.3 Å². The van der Waals surface area contributed by atoms with Gasteiger partial charge in [0.25, 0.3) is 5.91 Å². The maximum Gasteiger partial charge on any atom is 0.488 e. The van der Waals surface area contributed by atoms with Gasteiger partial charge in [-0.05, 0) is 104 Å². The molecule has 1 aliphatic carbocycles. The quantitative estimate of drug-likeness (QED) is 0.0864. The number of carbonyl (C=O) groups is 1. The van der Waals surface area contributed by atoms with Crippen molar-refractivity contribution in [1.29, 1.82) is 0 Å². The first-order valence-corrected chi connectivity index (χ1v) is 19.0. The van der Waals surface area contributed by atoms with Crippen LogP contribution >= 0.6 is 0 Å². The van der Waals surface area contributed by atoms with Crippen molar-refractivity contribution in [3.8, 4) is 0 Å². The smallest absolute Gasteiger partial charge is 0.488 e. The molecule has 0 heterocycles. The Morgan fingerprint density at radius 1 is 0.922 bits per heavy atom. The molecule has 1 amide bonds. The highest BCUT2D eigenvalue weighted by molar-refractivity contribution is 7.89. The fraction of sp³-hybridized carbons (Fsp3) is 0.257. The van der Waals surface area contributed by atoms with Gasteiger partial charge in [-0.1, -0.05) is 24.3 Å². The number of hydrogen-bond donors (Lipinski definition) is 7. The second-order valence-corrected chi connectivity index (χ2v) is 14.9. The number of nitrogens with one attached hydrogen (secondary N) is 4. The zero-order valence-electron chi connectivity index (χ0n) is 28.6. The Balaban J connectivity index is 1.66. The number of carbonyl (C=O) groups excluding carboxylic acids is 1. The second kappa shape index (κ2) is 16.7. The van der Waals surface area contributed by atoms with Crippen LogP contribution in [0.1, 0.15) is 47.8 Å². The molecule has 1 atom stereocenters. The number of aliphatic hydroxyl groups excluding tert-OH is 1. The van der Waals surface area contributed by atoms with E-state index in [0.29, 0.717) is 29.8 Å². The van der Waals surface area contributed by atoms with Crippen molar-refractivity contribution in [2.24, 2.45) is 0 Å². The van der Waals surface area contributed by atoms with E-state index in [9.17, 15) is 41.3 Å². The monoisotopic (exact) mass is 736 g/mol. The van der Waals surface area contributed by atoms with E-state index in [2.05, 4.69) is 20.3 Å². The molecule has 0 saturated carbocycles. The van der Waals surface area contributed by atoms with Crippen LogP contribution in [0.3, 0.4) is 0 Å². The molecule has 13 nitrogen and oxygen atoms in total. The van der Waals surface area contributed by atoms with E-state index < -0.39 is 55.6 Å². The first kappa shape index (κ1) is 39.4. The molecule has 0 aliphatic heterocycles. The van der Waals surface area contributed by atoms with Crippen LogP contribution in [-0.4, -0.2) is 87.6 Å². The van der Waals surface area contributed by atoms with E-state index in [1.165, 1.54) is 36.4 Å². The largest absolute Gasteiger partial charge is 0.744 e. The number of aryl methyl sites for hydroxylation is 1. The molecular weight excluding hydrogens is 695 g/mol. The lowest BCUT2D eigenvalue weighted by Crippen LogP contribution is -2.72. The SMILES string of the molecule is CCNc1ccc(/C(=C2/C=CC(=[NH+]CC)C(C)=C2)c2ccc(S(=O)(=O)NCC(O)CNC(=O)c3ccc(B(O)O)cc3)cc2S(=O)(=O)[O-])cc1C. The van der Waals surface area contributed by atoms with Gasteiger partial charge in [-0.15, -0.1) is 0 Å². The Bertz CT molecular complexity index is 2130. The first-order chi connectivity index (χ1) is 24.0. The highest BCUT2D eigenvalue weighted by Crippen LogP contribution is 2.36. The van der Waals surface area contributed by atoms with Crippen LogP contribution in [0.5, 0.6) is 0 Å². The minimum Gasteiger partial charge on any atom is -0.744 e. The number of allylic oxidation sites excluding steroid dienone is 5. The molecule has 7 N–H and O–H groups in total. The number of benzene rings is 3. The van der Waals surface area contributed by atoms with Crippen molar-refractivity contribution in [1.82, 2.24) is 10.0 Å². The zero-order chi connectivity index (χ0) is 37.5. The molecule has 51 heavy (non-hydrogen) atoms. The number of amides is 1. The molecule has 1 unspecified atom stereocenters. The van der Waals surface area contributed by atoms with E-state index in [1.807, 2.05) is 52.0 Å². The molecule has 16 heteroatoms. The highest BCUT2D eigenvalue weighted by Gasteiger charge is 2.24. The fourth-order valence-corrected chi connectivity index (χ4v) is 7.34. The van der Waals surface area contributed by atoms with Gasteiger partial charge in [-0.25, -0.2) is 26.6 Å². The predicted octanol–water partition coefficient (Wildman–Crippen LogP) is -0.0606. The van der Waals surface area contributed by atoms with Crippen molar-refractivity contribution in [2.45, 2.75) is 43.6 Å². The summed E-state index contributed by atoms with van der Waals surface area (Å²) >= 11 is 0. The molecule has 0 aromatic heterocycles. The molecule has 4 rings (SSSR count). The van der Waals surface area contributed by atoms with Crippen LogP contribution in [-0.2, 0) is 20.1 Å². The number of sulfonamides is 1. The van der Waals surface area contributed by atoms with Crippen molar-refractivity contribution in [3.63, 3.8) is 0 Å². The second-order valence-electron chi connectivity index (χ2n) is 11.8. The molecule has 3 aromatic carbocycles. The Labute approximate surface area is 298 Å². The van der Waals surface area contributed by atoms with E-state index >= 15 is 0 Å². The van der Waals surface area contributed by atoms with E-state index in [-0.39, 0.29) is 23.1 Å². The maximum absolute atomic E-state index is 13.3. The highest BCUT2D eigenvalue weighted by atomic mass is 32.2. The molecule has 0 bridgehead atoms. The zero-order valence-corrected chi connectivity index (χ0v) is 30.2. The Morgan fingerprint density at radius 2 is 1.61 bits per heavy atom. The third-order valence-corrected chi connectivity index (χ3v) is 10.3. The van der Waals surface area contributed by atoms with E-state index in [0.717, 1.165) is 28.6 Å². The van der Waals surface area contributed by atoms with Gasteiger partial charge in [0.15, 0.2) is 0 Å². The average molecular weight is 737 g/mol. The number of aliphatic hydroxyl groups is 1.